The highest BCUT2D eigenvalue weighted by molar-refractivity contribution is 6.46. The molecule has 0 unspecified atom stereocenters. The number of amides is 2. The summed E-state index contributed by atoms with van der Waals surface area (Å²) in [6.45, 7) is 0.898. The van der Waals surface area contributed by atoms with Gasteiger partial charge in [0.25, 0.3) is 11.8 Å². The molecule has 33 heavy (non-hydrogen) atoms. The van der Waals surface area contributed by atoms with E-state index >= 15 is 0 Å². The van der Waals surface area contributed by atoms with Gasteiger partial charge in [-0.05, 0) is 24.3 Å². The van der Waals surface area contributed by atoms with Crippen molar-refractivity contribution in [1.29, 1.82) is 0 Å². The summed E-state index contributed by atoms with van der Waals surface area (Å²) >= 11 is 0. The first-order valence-corrected chi connectivity index (χ1v) is 10.6. The molecule has 2 amide bonds. The number of nitrogens with one attached hydrogen (secondary N) is 1. The summed E-state index contributed by atoms with van der Waals surface area (Å²) < 4.78 is 21.3. The molecule has 2 aromatic rings. The third-order valence-electron chi connectivity index (χ3n) is 6.02. The van der Waals surface area contributed by atoms with Crippen molar-refractivity contribution in [3.8, 4) is 23.0 Å². The molecule has 2 heterocycles. The number of hydrogen-bond acceptors (Lipinski definition) is 7. The molecule has 0 saturated carbocycles. The molecule has 1 N–H and O–H groups in total. The molecule has 1 spiro atoms. The Morgan fingerprint density at radius 1 is 0.970 bits per heavy atom. The number of hydrogen-bond donors (Lipinski definition) is 1. The first-order chi connectivity index (χ1) is 15.9. The van der Waals surface area contributed by atoms with Crippen molar-refractivity contribution in [2.75, 3.05) is 41.5 Å². The van der Waals surface area contributed by atoms with Crippen LogP contribution in [0.2, 0.25) is 0 Å². The first kappa shape index (κ1) is 22.4. The summed E-state index contributed by atoms with van der Waals surface area (Å²) in [6.07, 6.45) is 1.03. The van der Waals surface area contributed by atoms with Crippen molar-refractivity contribution >= 4 is 17.5 Å². The molecule has 4 rings (SSSR count). The Kier molecular flexibility index (Phi) is 6.13. The largest absolute Gasteiger partial charge is 0.497 e. The minimum Gasteiger partial charge on any atom is -0.497 e. The van der Waals surface area contributed by atoms with Crippen LogP contribution in [0.5, 0.6) is 23.0 Å². The Balaban J connectivity index is 1.51. The van der Waals surface area contributed by atoms with E-state index in [2.05, 4.69) is 5.32 Å². The van der Waals surface area contributed by atoms with Gasteiger partial charge < -0.3 is 29.2 Å². The van der Waals surface area contributed by atoms with Crippen molar-refractivity contribution in [2.45, 2.75) is 18.5 Å². The highest BCUT2D eigenvalue weighted by Crippen LogP contribution is 2.39. The smallest absolute Gasteiger partial charge is 0.272 e. The summed E-state index contributed by atoms with van der Waals surface area (Å²) in [5.74, 6) is 1.57. The van der Waals surface area contributed by atoms with E-state index in [1.165, 1.54) is 21.3 Å². The number of carbonyl (C=O) groups excluding carboxylic acids is 2. The van der Waals surface area contributed by atoms with Crippen LogP contribution in [-0.4, -0.2) is 69.6 Å². The van der Waals surface area contributed by atoms with Gasteiger partial charge in [-0.2, -0.15) is 0 Å². The zero-order valence-corrected chi connectivity index (χ0v) is 19.1. The van der Waals surface area contributed by atoms with E-state index in [1.807, 2.05) is 18.2 Å². The number of piperidine rings is 1. The molecule has 2 aromatic carbocycles. The van der Waals surface area contributed by atoms with E-state index in [1.54, 1.807) is 30.2 Å². The van der Waals surface area contributed by atoms with Gasteiger partial charge in [-0.1, -0.05) is 12.1 Å². The van der Waals surface area contributed by atoms with Crippen molar-refractivity contribution in [1.82, 2.24) is 10.2 Å². The van der Waals surface area contributed by atoms with Crippen LogP contribution < -0.4 is 24.3 Å². The van der Waals surface area contributed by atoms with Gasteiger partial charge in [-0.25, -0.2) is 0 Å². The Labute approximate surface area is 192 Å². The quantitative estimate of drug-likeness (QED) is 0.721. The number of nitrogens with zero attached hydrogens (tertiary/aromatic N) is 2. The summed E-state index contributed by atoms with van der Waals surface area (Å²) in [7, 11) is 6.12. The molecule has 1 fully saturated rings. The lowest BCUT2D eigenvalue weighted by atomic mass is 9.97. The van der Waals surface area contributed by atoms with E-state index < -0.39 is 5.66 Å². The van der Waals surface area contributed by atoms with Crippen LogP contribution in [0.3, 0.4) is 0 Å². The highest BCUT2D eigenvalue weighted by atomic mass is 16.5. The topological polar surface area (TPSA) is 98.7 Å². The number of likely N-dealkylation sites (tertiary alicyclic amines) is 1. The van der Waals surface area contributed by atoms with E-state index in [-0.39, 0.29) is 11.8 Å². The van der Waals surface area contributed by atoms with Crippen LogP contribution in [0, 0.1) is 0 Å². The van der Waals surface area contributed by atoms with E-state index in [9.17, 15) is 9.59 Å². The SMILES string of the molecule is COc1cccc(C2=NC3(CCN(C(=O)c4cc(OC)c(OC)c(OC)c4)CC3)NC2=O)c1. The van der Waals surface area contributed by atoms with Gasteiger partial charge in [-0.15, -0.1) is 0 Å². The number of rotatable bonds is 6. The Bertz CT molecular complexity index is 1080. The molecular weight excluding hydrogens is 426 g/mol. The zero-order valence-electron chi connectivity index (χ0n) is 19.1. The third-order valence-corrected chi connectivity index (χ3v) is 6.02. The van der Waals surface area contributed by atoms with Crippen LogP contribution >= 0.6 is 0 Å². The molecule has 2 aliphatic rings. The molecule has 2 aliphatic heterocycles. The average Bonchev–Trinajstić information content (AvgIpc) is 3.18. The highest BCUT2D eigenvalue weighted by Gasteiger charge is 2.43. The maximum atomic E-state index is 13.2. The van der Waals surface area contributed by atoms with Crippen molar-refractivity contribution in [3.05, 3.63) is 47.5 Å². The van der Waals surface area contributed by atoms with Gasteiger partial charge in [0.05, 0.1) is 28.4 Å². The second-order valence-electron chi connectivity index (χ2n) is 7.88. The molecule has 174 valence electrons. The van der Waals surface area contributed by atoms with Crippen molar-refractivity contribution < 1.29 is 28.5 Å². The van der Waals surface area contributed by atoms with Crippen LogP contribution in [0.1, 0.15) is 28.8 Å². The molecule has 0 aliphatic carbocycles. The Morgan fingerprint density at radius 2 is 1.64 bits per heavy atom. The number of ether oxygens (including phenoxy) is 4. The number of carbonyl (C=O) groups is 2. The van der Waals surface area contributed by atoms with Crippen LogP contribution in [0.25, 0.3) is 0 Å². The second-order valence-corrected chi connectivity index (χ2v) is 7.88. The fourth-order valence-corrected chi connectivity index (χ4v) is 4.23. The zero-order chi connectivity index (χ0) is 23.6. The predicted octanol–water partition coefficient (Wildman–Crippen LogP) is 2.27. The average molecular weight is 453 g/mol. The van der Waals surface area contributed by atoms with Crippen molar-refractivity contribution in [3.63, 3.8) is 0 Å². The van der Waals surface area contributed by atoms with E-state index in [0.717, 1.165) is 0 Å². The predicted molar refractivity (Wildman–Crippen MR) is 122 cm³/mol. The van der Waals surface area contributed by atoms with Gasteiger partial charge in [0.15, 0.2) is 11.5 Å². The Hall–Kier alpha value is -3.75. The molecule has 0 atom stereocenters. The van der Waals surface area contributed by atoms with Gasteiger partial charge in [0, 0.05) is 37.1 Å². The lowest BCUT2D eigenvalue weighted by Gasteiger charge is -2.37. The lowest BCUT2D eigenvalue weighted by Crippen LogP contribution is -2.52. The third kappa shape index (κ3) is 4.18. The molecule has 9 nitrogen and oxygen atoms in total. The maximum absolute atomic E-state index is 13.2. The fourth-order valence-electron chi connectivity index (χ4n) is 4.23. The van der Waals surface area contributed by atoms with Crippen LogP contribution in [0.4, 0.5) is 0 Å². The van der Waals surface area contributed by atoms with Gasteiger partial charge >= 0.3 is 0 Å². The molecule has 1 saturated heterocycles. The number of methoxy groups -OCH3 is 4. The normalized spacial score (nSPS) is 16.8. The van der Waals surface area contributed by atoms with Gasteiger partial charge in [0.1, 0.15) is 17.1 Å². The molecule has 9 heteroatoms. The summed E-state index contributed by atoms with van der Waals surface area (Å²) in [6, 6.07) is 10.6. The molecule has 0 radical (unpaired) electrons. The van der Waals surface area contributed by atoms with Crippen LogP contribution in [0.15, 0.2) is 41.4 Å². The van der Waals surface area contributed by atoms with E-state index in [0.29, 0.717) is 65.8 Å². The van der Waals surface area contributed by atoms with E-state index in [4.69, 9.17) is 23.9 Å². The molecule has 0 bridgehead atoms. The Morgan fingerprint density at radius 3 is 2.21 bits per heavy atom. The number of benzene rings is 2. The number of aliphatic imine (C=N–C) groups is 1. The van der Waals surface area contributed by atoms with Gasteiger partial charge in [0.2, 0.25) is 5.75 Å². The summed E-state index contributed by atoms with van der Waals surface area (Å²) in [5, 5.41) is 3.03. The minimum atomic E-state index is -0.707. The monoisotopic (exact) mass is 453 g/mol. The molecule has 0 aromatic heterocycles. The maximum Gasteiger partial charge on any atom is 0.272 e. The first-order valence-electron chi connectivity index (χ1n) is 10.6. The fraction of sp³-hybridized carbons (Fsp3) is 0.375. The minimum absolute atomic E-state index is 0.148. The standard InChI is InChI=1S/C24H27N3O6/c1-30-17-7-5-6-15(12-17)20-22(28)26-24(25-20)8-10-27(11-9-24)23(29)16-13-18(31-2)21(33-4)19(14-16)32-3/h5-7,12-14H,8-11H2,1-4H3,(H,26,28). The van der Waals surface area contributed by atoms with Gasteiger partial charge in [-0.3, -0.25) is 14.6 Å². The molecular formula is C24H27N3O6. The summed E-state index contributed by atoms with van der Waals surface area (Å²) in [5.41, 5.74) is 0.830. The summed E-state index contributed by atoms with van der Waals surface area (Å²) in [4.78, 5) is 32.4. The lowest BCUT2D eigenvalue weighted by molar-refractivity contribution is -0.115. The van der Waals surface area contributed by atoms with Crippen molar-refractivity contribution in [2.24, 2.45) is 4.99 Å². The second kappa shape index (κ2) is 9.01. The van der Waals surface area contributed by atoms with Crippen LogP contribution in [-0.2, 0) is 4.79 Å².